The maximum absolute atomic E-state index is 13.0. The summed E-state index contributed by atoms with van der Waals surface area (Å²) >= 11 is 0. The molecule has 0 saturated carbocycles. The summed E-state index contributed by atoms with van der Waals surface area (Å²) < 4.78 is 41.0. The average molecular weight is 370 g/mol. The molecule has 4 rings (SSSR count). The van der Waals surface area contributed by atoms with Crippen LogP contribution in [0.15, 0.2) is 42.5 Å². The van der Waals surface area contributed by atoms with Crippen LogP contribution in [0.1, 0.15) is 27.9 Å². The van der Waals surface area contributed by atoms with Crippen LogP contribution in [-0.4, -0.2) is 23.1 Å². The Bertz CT molecular complexity index is 1030. The van der Waals surface area contributed by atoms with Crippen LogP contribution in [0.2, 0.25) is 0 Å². The molecule has 0 saturated heterocycles. The number of hydrogen-bond acceptors (Lipinski definition) is 1. The van der Waals surface area contributed by atoms with Gasteiger partial charge in [-0.2, -0.15) is 13.2 Å². The lowest BCUT2D eigenvalue weighted by Gasteiger charge is -2.23. The minimum atomic E-state index is -4.33. The number of nitrogens with zero attached hydrogens (tertiary/aromatic N) is 2. The number of aryl methyl sites for hydroxylation is 1. The number of halogens is 3. The molecule has 27 heavy (non-hydrogen) atoms. The zero-order valence-electron chi connectivity index (χ0n) is 15.3. The number of aromatic nitrogens is 1. The number of hydrogen-bond donors (Lipinski definition) is 0. The molecule has 3 aromatic rings. The lowest BCUT2D eigenvalue weighted by atomic mass is 10.0. The summed E-state index contributed by atoms with van der Waals surface area (Å²) in [5, 5.41) is 1.23. The van der Waals surface area contributed by atoms with Gasteiger partial charge >= 0.3 is 6.18 Å². The first-order valence-electron chi connectivity index (χ1n) is 8.99. The van der Waals surface area contributed by atoms with Crippen LogP contribution in [0, 0.1) is 6.92 Å². The molecule has 0 spiro atoms. The zero-order valence-corrected chi connectivity index (χ0v) is 15.3. The molecule has 140 valence electrons. The molecule has 1 aromatic heterocycles. The minimum Gasteiger partial charge on any atom is -0.320 e. The summed E-state index contributed by atoms with van der Waals surface area (Å²) in [7, 11) is 2.11. The highest BCUT2D eigenvalue weighted by Crippen LogP contribution is 2.33. The van der Waals surface area contributed by atoms with Gasteiger partial charge in [0.25, 0.3) is 0 Å². The Morgan fingerprint density at radius 3 is 2.67 bits per heavy atom. The summed E-state index contributed by atoms with van der Waals surface area (Å²) in [4.78, 5) is 2.30. The highest BCUT2D eigenvalue weighted by atomic mass is 19.4. The fourth-order valence-corrected chi connectivity index (χ4v) is 3.79. The SMILES string of the molecule is Cc1ccc2c(c1)c1c(n2C=Cc2cccc(C(F)(F)F)c2)CCN(C)C1. The minimum absolute atomic E-state index is 0.542. The van der Waals surface area contributed by atoms with Crippen LogP contribution < -0.4 is 0 Å². The monoisotopic (exact) mass is 370 g/mol. The summed E-state index contributed by atoms with van der Waals surface area (Å²) in [6.07, 6.45) is 0.252. The van der Waals surface area contributed by atoms with Gasteiger partial charge in [0.15, 0.2) is 0 Å². The van der Waals surface area contributed by atoms with Gasteiger partial charge in [0.1, 0.15) is 0 Å². The van der Waals surface area contributed by atoms with Crippen molar-refractivity contribution in [2.24, 2.45) is 0 Å². The van der Waals surface area contributed by atoms with E-state index in [2.05, 4.69) is 41.6 Å². The molecule has 0 N–H and O–H groups in total. The lowest BCUT2D eigenvalue weighted by molar-refractivity contribution is -0.137. The van der Waals surface area contributed by atoms with E-state index in [9.17, 15) is 13.2 Å². The fourth-order valence-electron chi connectivity index (χ4n) is 3.79. The maximum Gasteiger partial charge on any atom is 0.416 e. The van der Waals surface area contributed by atoms with Crippen molar-refractivity contribution in [3.05, 3.63) is 70.4 Å². The van der Waals surface area contributed by atoms with Gasteiger partial charge in [0, 0.05) is 36.8 Å². The van der Waals surface area contributed by atoms with Crippen molar-refractivity contribution in [1.29, 1.82) is 0 Å². The summed E-state index contributed by atoms with van der Waals surface area (Å²) in [6.45, 7) is 3.94. The third kappa shape index (κ3) is 3.39. The quantitative estimate of drug-likeness (QED) is 0.571. The van der Waals surface area contributed by atoms with E-state index in [1.165, 1.54) is 34.3 Å². The molecule has 5 heteroatoms. The summed E-state index contributed by atoms with van der Waals surface area (Å²) in [5.41, 5.74) is 4.79. The van der Waals surface area contributed by atoms with Crippen LogP contribution in [-0.2, 0) is 19.1 Å². The van der Waals surface area contributed by atoms with E-state index >= 15 is 0 Å². The van der Waals surface area contributed by atoms with Crippen molar-refractivity contribution in [2.45, 2.75) is 26.1 Å². The smallest absolute Gasteiger partial charge is 0.320 e. The standard InChI is InChI=1S/C22H21F3N2/c1-15-6-7-20-18(12-15)19-14-26(2)10-9-21(19)27(20)11-8-16-4-3-5-17(13-16)22(23,24)25/h3-8,11-13H,9-10,14H2,1-2H3. The Kier molecular flexibility index (Phi) is 4.35. The molecule has 1 aliphatic rings. The first kappa shape index (κ1) is 17.9. The fraction of sp³-hybridized carbons (Fsp3) is 0.273. The van der Waals surface area contributed by atoms with E-state index < -0.39 is 11.7 Å². The van der Waals surface area contributed by atoms with Crippen molar-refractivity contribution >= 4 is 23.2 Å². The number of likely N-dealkylation sites (N-methyl/N-ethyl adjacent to an activating group) is 1. The van der Waals surface area contributed by atoms with Crippen molar-refractivity contribution in [3.8, 4) is 0 Å². The molecule has 0 amide bonds. The van der Waals surface area contributed by atoms with Crippen molar-refractivity contribution in [3.63, 3.8) is 0 Å². The van der Waals surface area contributed by atoms with Gasteiger partial charge in [-0.3, -0.25) is 0 Å². The van der Waals surface area contributed by atoms with Crippen LogP contribution >= 0.6 is 0 Å². The van der Waals surface area contributed by atoms with Gasteiger partial charge in [-0.05, 0) is 55.4 Å². The van der Waals surface area contributed by atoms with E-state index in [0.29, 0.717) is 5.56 Å². The maximum atomic E-state index is 13.0. The number of benzene rings is 2. The first-order valence-corrected chi connectivity index (χ1v) is 8.99. The van der Waals surface area contributed by atoms with E-state index in [-0.39, 0.29) is 0 Å². The molecule has 2 heterocycles. The van der Waals surface area contributed by atoms with E-state index in [1.807, 2.05) is 6.20 Å². The zero-order chi connectivity index (χ0) is 19.2. The Morgan fingerprint density at radius 1 is 1.07 bits per heavy atom. The van der Waals surface area contributed by atoms with Gasteiger partial charge in [0.2, 0.25) is 0 Å². The molecule has 0 aliphatic carbocycles. The normalized spacial score (nSPS) is 15.6. The largest absolute Gasteiger partial charge is 0.416 e. The van der Waals surface area contributed by atoms with Crippen molar-refractivity contribution in [2.75, 3.05) is 13.6 Å². The van der Waals surface area contributed by atoms with Crippen LogP contribution in [0.25, 0.3) is 23.2 Å². The van der Waals surface area contributed by atoms with Gasteiger partial charge in [0.05, 0.1) is 11.1 Å². The molecule has 1 aliphatic heterocycles. The van der Waals surface area contributed by atoms with E-state index in [1.54, 1.807) is 12.1 Å². The molecular weight excluding hydrogens is 349 g/mol. The van der Waals surface area contributed by atoms with Crippen molar-refractivity contribution < 1.29 is 13.2 Å². The first-order chi connectivity index (χ1) is 12.8. The second-order valence-electron chi connectivity index (χ2n) is 7.24. The third-order valence-electron chi connectivity index (χ3n) is 5.16. The highest BCUT2D eigenvalue weighted by Gasteiger charge is 2.30. The number of rotatable bonds is 2. The van der Waals surface area contributed by atoms with Crippen LogP contribution in [0.4, 0.5) is 13.2 Å². The molecule has 2 nitrogen and oxygen atoms in total. The van der Waals surface area contributed by atoms with Gasteiger partial charge < -0.3 is 9.47 Å². The molecule has 0 atom stereocenters. The summed E-state index contributed by atoms with van der Waals surface area (Å²) in [6, 6.07) is 11.8. The molecule has 0 bridgehead atoms. The highest BCUT2D eigenvalue weighted by molar-refractivity contribution is 5.89. The average Bonchev–Trinajstić information content (AvgIpc) is 2.92. The second kappa shape index (κ2) is 6.57. The molecule has 0 unspecified atom stereocenters. The van der Waals surface area contributed by atoms with Gasteiger partial charge in [-0.15, -0.1) is 0 Å². The number of alkyl halides is 3. The Hall–Kier alpha value is -2.53. The van der Waals surface area contributed by atoms with Gasteiger partial charge in [-0.1, -0.05) is 23.8 Å². The predicted molar refractivity (Wildman–Crippen MR) is 103 cm³/mol. The summed E-state index contributed by atoms with van der Waals surface area (Å²) in [5.74, 6) is 0. The van der Waals surface area contributed by atoms with Crippen LogP contribution in [0.5, 0.6) is 0 Å². The Morgan fingerprint density at radius 2 is 1.89 bits per heavy atom. The third-order valence-corrected chi connectivity index (χ3v) is 5.16. The molecular formula is C22H21F3N2. The second-order valence-corrected chi connectivity index (χ2v) is 7.24. The van der Waals surface area contributed by atoms with Gasteiger partial charge in [-0.25, -0.2) is 0 Å². The van der Waals surface area contributed by atoms with E-state index in [4.69, 9.17) is 0 Å². The Balaban J connectivity index is 1.80. The lowest BCUT2D eigenvalue weighted by Crippen LogP contribution is -2.26. The van der Waals surface area contributed by atoms with E-state index in [0.717, 1.165) is 31.1 Å². The van der Waals surface area contributed by atoms with Crippen molar-refractivity contribution in [1.82, 2.24) is 9.47 Å². The Labute approximate surface area is 156 Å². The molecule has 2 aromatic carbocycles. The number of fused-ring (bicyclic) bond motifs is 3. The molecule has 0 radical (unpaired) electrons. The topological polar surface area (TPSA) is 8.17 Å². The molecule has 0 fully saturated rings. The predicted octanol–water partition coefficient (Wildman–Crippen LogP) is 5.58. The van der Waals surface area contributed by atoms with Crippen LogP contribution in [0.3, 0.4) is 0 Å².